The lowest BCUT2D eigenvalue weighted by atomic mass is 10.1. The van der Waals surface area contributed by atoms with E-state index in [2.05, 4.69) is 10.5 Å². The molecule has 0 radical (unpaired) electrons. The van der Waals surface area contributed by atoms with Crippen LogP contribution in [0, 0.1) is 0 Å². The molecule has 1 N–H and O–H groups in total. The highest BCUT2D eigenvalue weighted by atomic mass is 35.5. The van der Waals surface area contributed by atoms with Gasteiger partial charge in [0, 0.05) is 23.7 Å². The summed E-state index contributed by atoms with van der Waals surface area (Å²) < 4.78 is 10.8. The van der Waals surface area contributed by atoms with Gasteiger partial charge in [-0.15, -0.1) is 0 Å². The van der Waals surface area contributed by atoms with Crippen molar-refractivity contribution in [3.63, 3.8) is 0 Å². The highest BCUT2D eigenvalue weighted by Crippen LogP contribution is 2.28. The number of aldehydes is 1. The van der Waals surface area contributed by atoms with Crippen molar-refractivity contribution in [3.8, 4) is 5.75 Å². The number of hydrogen-bond acceptors (Lipinski definition) is 5. The highest BCUT2D eigenvalue weighted by Gasteiger charge is 2.14. The molecule has 0 bridgehead atoms. The van der Waals surface area contributed by atoms with Crippen LogP contribution in [-0.2, 0) is 6.42 Å². The summed E-state index contributed by atoms with van der Waals surface area (Å²) in [5, 5.41) is 6.96. The molecule has 0 unspecified atom stereocenters. The lowest BCUT2D eigenvalue weighted by Crippen LogP contribution is -2.12. The number of carbonyl (C=O) groups is 2. The number of nitrogens with zero attached hydrogens (tertiary/aromatic N) is 1. The minimum absolute atomic E-state index is 0.00105. The van der Waals surface area contributed by atoms with Crippen LogP contribution in [0.1, 0.15) is 46.0 Å². The van der Waals surface area contributed by atoms with Crippen molar-refractivity contribution < 1.29 is 18.8 Å². The molecule has 28 heavy (non-hydrogen) atoms. The molecule has 0 spiro atoms. The second kappa shape index (κ2) is 8.71. The Bertz CT molecular complexity index is 980. The lowest BCUT2D eigenvalue weighted by Gasteiger charge is -2.12. The number of rotatable bonds is 7. The van der Waals surface area contributed by atoms with Gasteiger partial charge in [-0.1, -0.05) is 41.0 Å². The fourth-order valence-electron chi connectivity index (χ4n) is 2.54. The number of aromatic nitrogens is 1. The van der Waals surface area contributed by atoms with Crippen molar-refractivity contribution in [2.45, 2.75) is 26.4 Å². The van der Waals surface area contributed by atoms with Crippen LogP contribution in [0.15, 0.2) is 53.1 Å². The van der Waals surface area contributed by atoms with E-state index in [1.54, 1.807) is 36.4 Å². The zero-order chi connectivity index (χ0) is 20.1. The van der Waals surface area contributed by atoms with Crippen molar-refractivity contribution in [1.82, 2.24) is 5.16 Å². The molecule has 0 saturated carbocycles. The first-order valence-electron chi connectivity index (χ1n) is 8.72. The molecule has 2 aromatic carbocycles. The number of hydrogen-bond donors (Lipinski definition) is 1. The number of benzene rings is 2. The molecule has 1 heterocycles. The molecule has 144 valence electrons. The van der Waals surface area contributed by atoms with Gasteiger partial charge in [0.2, 0.25) is 0 Å². The molecule has 3 aromatic rings. The van der Waals surface area contributed by atoms with Crippen LogP contribution in [0.2, 0.25) is 5.02 Å². The third-order valence-corrected chi connectivity index (χ3v) is 4.13. The Labute approximate surface area is 167 Å². The molecular formula is C21H19ClN2O4. The Morgan fingerprint density at radius 1 is 1.21 bits per heavy atom. The fraction of sp³-hybridized carbons (Fsp3) is 0.190. The predicted molar refractivity (Wildman–Crippen MR) is 106 cm³/mol. The Hall–Kier alpha value is -3.12. The van der Waals surface area contributed by atoms with Crippen molar-refractivity contribution in [2.24, 2.45) is 0 Å². The number of anilines is 1. The van der Waals surface area contributed by atoms with E-state index in [-0.39, 0.29) is 11.8 Å². The van der Waals surface area contributed by atoms with Crippen LogP contribution in [0.5, 0.6) is 5.75 Å². The van der Waals surface area contributed by atoms with Crippen LogP contribution in [-0.4, -0.2) is 23.5 Å². The monoisotopic (exact) mass is 398 g/mol. The van der Waals surface area contributed by atoms with Gasteiger partial charge in [0.25, 0.3) is 5.91 Å². The van der Waals surface area contributed by atoms with Gasteiger partial charge < -0.3 is 14.6 Å². The van der Waals surface area contributed by atoms with E-state index in [9.17, 15) is 9.59 Å². The summed E-state index contributed by atoms with van der Waals surface area (Å²) in [6.45, 7) is 3.82. The normalized spacial score (nSPS) is 10.7. The zero-order valence-corrected chi connectivity index (χ0v) is 16.2. The summed E-state index contributed by atoms with van der Waals surface area (Å²) in [5.41, 5.74) is 2.24. The molecular weight excluding hydrogens is 380 g/mol. The quantitative estimate of drug-likeness (QED) is 0.579. The molecule has 0 aliphatic heterocycles. The van der Waals surface area contributed by atoms with E-state index < -0.39 is 5.91 Å². The largest absolute Gasteiger partial charge is 0.489 e. The second-order valence-corrected chi connectivity index (χ2v) is 6.89. The average molecular weight is 399 g/mol. The maximum absolute atomic E-state index is 12.4. The summed E-state index contributed by atoms with van der Waals surface area (Å²) in [4.78, 5) is 23.1. The number of halogens is 1. The SMILES string of the molecule is CC(C)Oc1ccc(NC(=O)c2cc(Cc3ccc(C=O)cc3)on2)cc1Cl. The van der Waals surface area contributed by atoms with Crippen molar-refractivity contribution >= 4 is 29.5 Å². The van der Waals surface area contributed by atoms with Gasteiger partial charge in [-0.25, -0.2) is 0 Å². The molecule has 0 fully saturated rings. The molecule has 7 heteroatoms. The summed E-state index contributed by atoms with van der Waals surface area (Å²) >= 11 is 6.19. The van der Waals surface area contributed by atoms with E-state index >= 15 is 0 Å². The third kappa shape index (κ3) is 4.98. The molecule has 3 rings (SSSR count). The Kier molecular flexibility index (Phi) is 6.11. The summed E-state index contributed by atoms with van der Waals surface area (Å²) in [5.74, 6) is 0.696. The number of nitrogens with one attached hydrogen (secondary N) is 1. The number of ether oxygens (including phenoxy) is 1. The minimum atomic E-state index is -0.403. The highest BCUT2D eigenvalue weighted by molar-refractivity contribution is 6.32. The van der Waals surface area contributed by atoms with E-state index in [0.717, 1.165) is 11.8 Å². The molecule has 1 amide bonds. The van der Waals surface area contributed by atoms with Crippen LogP contribution < -0.4 is 10.1 Å². The predicted octanol–water partition coefficient (Wildman–Crippen LogP) is 4.77. The van der Waals surface area contributed by atoms with Crippen LogP contribution in [0.25, 0.3) is 0 Å². The zero-order valence-electron chi connectivity index (χ0n) is 15.4. The maximum Gasteiger partial charge on any atom is 0.277 e. The minimum Gasteiger partial charge on any atom is -0.489 e. The van der Waals surface area contributed by atoms with E-state index in [0.29, 0.717) is 34.2 Å². The van der Waals surface area contributed by atoms with E-state index in [1.165, 1.54) is 0 Å². The van der Waals surface area contributed by atoms with Crippen molar-refractivity contribution in [1.29, 1.82) is 0 Å². The topological polar surface area (TPSA) is 81.4 Å². The summed E-state index contributed by atoms with van der Waals surface area (Å²) in [6.07, 6.45) is 1.25. The molecule has 1 aromatic heterocycles. The van der Waals surface area contributed by atoms with Crippen LogP contribution >= 0.6 is 11.6 Å². The summed E-state index contributed by atoms with van der Waals surface area (Å²) in [6, 6.07) is 13.7. The average Bonchev–Trinajstić information content (AvgIpc) is 3.13. The first kappa shape index (κ1) is 19.6. The van der Waals surface area contributed by atoms with Gasteiger partial charge in [0.15, 0.2) is 5.69 Å². The van der Waals surface area contributed by atoms with E-state index in [4.69, 9.17) is 20.9 Å². The standard InChI is InChI=1S/C21H19ClN2O4/c1-13(2)27-20-8-7-16(10-18(20)22)23-21(26)19-11-17(28-24-19)9-14-3-5-15(12-25)6-4-14/h3-8,10-13H,9H2,1-2H3,(H,23,26). The van der Waals surface area contributed by atoms with Gasteiger partial charge in [0.05, 0.1) is 11.1 Å². The fourth-order valence-corrected chi connectivity index (χ4v) is 2.77. The van der Waals surface area contributed by atoms with Gasteiger partial charge >= 0.3 is 0 Å². The van der Waals surface area contributed by atoms with E-state index in [1.807, 2.05) is 26.0 Å². The van der Waals surface area contributed by atoms with Gasteiger partial charge in [-0.2, -0.15) is 0 Å². The van der Waals surface area contributed by atoms with Crippen molar-refractivity contribution in [3.05, 3.63) is 76.1 Å². The number of carbonyl (C=O) groups excluding carboxylic acids is 2. The lowest BCUT2D eigenvalue weighted by molar-refractivity contribution is 0.101. The van der Waals surface area contributed by atoms with Crippen molar-refractivity contribution in [2.75, 3.05) is 5.32 Å². The molecule has 0 saturated heterocycles. The van der Waals surface area contributed by atoms with Crippen LogP contribution in [0.4, 0.5) is 5.69 Å². The molecule has 6 nitrogen and oxygen atoms in total. The Morgan fingerprint density at radius 2 is 1.96 bits per heavy atom. The number of amides is 1. The Morgan fingerprint density at radius 3 is 2.61 bits per heavy atom. The molecule has 0 atom stereocenters. The van der Waals surface area contributed by atoms with Gasteiger partial charge in [-0.3, -0.25) is 9.59 Å². The molecule has 0 aliphatic carbocycles. The smallest absolute Gasteiger partial charge is 0.277 e. The van der Waals surface area contributed by atoms with Gasteiger partial charge in [-0.05, 0) is 37.6 Å². The van der Waals surface area contributed by atoms with Crippen LogP contribution in [0.3, 0.4) is 0 Å². The first-order valence-corrected chi connectivity index (χ1v) is 9.09. The molecule has 0 aliphatic rings. The maximum atomic E-state index is 12.4. The van der Waals surface area contributed by atoms with Gasteiger partial charge in [0.1, 0.15) is 17.8 Å². The third-order valence-electron chi connectivity index (χ3n) is 3.84. The Balaban J connectivity index is 1.65. The summed E-state index contributed by atoms with van der Waals surface area (Å²) in [7, 11) is 0. The second-order valence-electron chi connectivity index (χ2n) is 6.48. The first-order chi connectivity index (χ1) is 13.4.